The number of carbonyl (C=O) groups excluding carboxylic acids is 1. The lowest BCUT2D eigenvalue weighted by atomic mass is 9.85. The first-order chi connectivity index (χ1) is 7.47. The predicted octanol–water partition coefficient (Wildman–Crippen LogP) is -0.582. The molecule has 94 valence electrons. The first-order valence-corrected chi connectivity index (χ1v) is 5.73. The van der Waals surface area contributed by atoms with Crippen molar-refractivity contribution in [1.29, 1.82) is 0 Å². The van der Waals surface area contributed by atoms with Crippen molar-refractivity contribution in [3.8, 4) is 0 Å². The van der Waals surface area contributed by atoms with Gasteiger partial charge in [0.15, 0.2) is 0 Å². The Morgan fingerprint density at radius 3 is 2.81 bits per heavy atom. The summed E-state index contributed by atoms with van der Waals surface area (Å²) < 4.78 is 5.24. The van der Waals surface area contributed by atoms with Gasteiger partial charge >= 0.3 is 0 Å². The molecule has 2 atom stereocenters. The molecule has 5 nitrogen and oxygen atoms in total. The van der Waals surface area contributed by atoms with Gasteiger partial charge in [-0.3, -0.25) is 4.79 Å². The number of carbonyl (C=O) groups is 1. The number of rotatable bonds is 5. The Kier molecular flexibility index (Phi) is 4.70. The average molecular weight is 229 g/mol. The van der Waals surface area contributed by atoms with Crippen LogP contribution in [-0.2, 0) is 9.53 Å². The van der Waals surface area contributed by atoms with Crippen molar-refractivity contribution in [3.05, 3.63) is 0 Å². The third-order valence-electron chi connectivity index (χ3n) is 3.10. The first-order valence-electron chi connectivity index (χ1n) is 5.73. The number of amides is 1. The van der Waals surface area contributed by atoms with Crippen LogP contribution in [0.2, 0.25) is 0 Å². The molecule has 1 aliphatic rings. The smallest absolute Gasteiger partial charge is 0.229 e. The van der Waals surface area contributed by atoms with Crippen molar-refractivity contribution >= 4 is 5.91 Å². The summed E-state index contributed by atoms with van der Waals surface area (Å²) in [4.78, 5) is 14.0. The lowest BCUT2D eigenvalue weighted by Gasteiger charge is -2.25. The standard InChI is InChI=1S/C11H23N3O2/c1-11(8-16-7-9(11)12)10(15)13-5-4-6-14(2)3/h9H,4-8,12H2,1-3H3,(H,13,15). The molecule has 0 saturated carbocycles. The van der Waals surface area contributed by atoms with Crippen molar-refractivity contribution in [2.24, 2.45) is 11.1 Å². The van der Waals surface area contributed by atoms with E-state index in [1.807, 2.05) is 21.0 Å². The molecule has 0 aromatic carbocycles. The number of ether oxygens (including phenoxy) is 1. The highest BCUT2D eigenvalue weighted by molar-refractivity contribution is 5.83. The molecule has 0 radical (unpaired) electrons. The van der Waals surface area contributed by atoms with E-state index in [1.165, 1.54) is 0 Å². The second-order valence-corrected chi connectivity index (χ2v) is 4.95. The Morgan fingerprint density at radius 1 is 1.62 bits per heavy atom. The van der Waals surface area contributed by atoms with E-state index >= 15 is 0 Å². The molecule has 2 unspecified atom stereocenters. The van der Waals surface area contributed by atoms with Crippen LogP contribution < -0.4 is 11.1 Å². The molecule has 1 aliphatic heterocycles. The molecule has 16 heavy (non-hydrogen) atoms. The minimum Gasteiger partial charge on any atom is -0.379 e. The van der Waals surface area contributed by atoms with E-state index in [1.54, 1.807) is 0 Å². The van der Waals surface area contributed by atoms with Gasteiger partial charge < -0.3 is 20.7 Å². The Labute approximate surface area is 97.3 Å². The van der Waals surface area contributed by atoms with Crippen molar-refractivity contribution in [2.75, 3.05) is 40.4 Å². The van der Waals surface area contributed by atoms with Crippen LogP contribution in [0.1, 0.15) is 13.3 Å². The lowest BCUT2D eigenvalue weighted by molar-refractivity contribution is -0.130. The maximum atomic E-state index is 11.9. The van der Waals surface area contributed by atoms with E-state index in [9.17, 15) is 4.79 Å². The summed E-state index contributed by atoms with van der Waals surface area (Å²) >= 11 is 0. The molecule has 0 spiro atoms. The van der Waals surface area contributed by atoms with Gasteiger partial charge in [0.05, 0.1) is 18.6 Å². The molecule has 0 bridgehead atoms. The Balaban J connectivity index is 2.29. The zero-order valence-electron chi connectivity index (χ0n) is 10.5. The quantitative estimate of drug-likeness (QED) is 0.619. The third kappa shape index (κ3) is 3.17. The van der Waals surface area contributed by atoms with Crippen molar-refractivity contribution in [2.45, 2.75) is 19.4 Å². The molecular formula is C11H23N3O2. The Morgan fingerprint density at radius 2 is 2.31 bits per heavy atom. The topological polar surface area (TPSA) is 67.6 Å². The van der Waals surface area contributed by atoms with Crippen LogP contribution in [-0.4, -0.2) is 57.2 Å². The zero-order valence-corrected chi connectivity index (χ0v) is 10.5. The maximum absolute atomic E-state index is 11.9. The molecule has 1 heterocycles. The van der Waals surface area contributed by atoms with Gasteiger partial charge in [-0.25, -0.2) is 0 Å². The highest BCUT2D eigenvalue weighted by Crippen LogP contribution is 2.26. The SMILES string of the molecule is CN(C)CCCNC(=O)C1(C)COCC1N. The lowest BCUT2D eigenvalue weighted by Crippen LogP contribution is -2.50. The summed E-state index contributed by atoms with van der Waals surface area (Å²) in [6.07, 6.45) is 0.949. The minimum absolute atomic E-state index is 0.0104. The van der Waals surface area contributed by atoms with Crippen LogP contribution in [0.15, 0.2) is 0 Å². The summed E-state index contributed by atoms with van der Waals surface area (Å²) in [5.41, 5.74) is 5.32. The van der Waals surface area contributed by atoms with Crippen LogP contribution >= 0.6 is 0 Å². The van der Waals surface area contributed by atoms with Gasteiger partial charge in [0.2, 0.25) is 5.91 Å². The minimum atomic E-state index is -0.557. The molecule has 0 aliphatic carbocycles. The average Bonchev–Trinajstić information content (AvgIpc) is 2.55. The van der Waals surface area contributed by atoms with E-state index in [-0.39, 0.29) is 11.9 Å². The zero-order chi connectivity index (χ0) is 12.2. The molecule has 1 amide bonds. The van der Waals surface area contributed by atoms with Crippen LogP contribution in [0.25, 0.3) is 0 Å². The summed E-state index contributed by atoms with van der Waals surface area (Å²) in [7, 11) is 4.04. The fourth-order valence-corrected chi connectivity index (χ4v) is 1.72. The van der Waals surface area contributed by atoms with E-state index in [0.29, 0.717) is 19.8 Å². The first kappa shape index (κ1) is 13.4. The summed E-state index contributed by atoms with van der Waals surface area (Å²) in [5, 5.41) is 2.93. The molecule has 1 saturated heterocycles. The molecule has 1 rings (SSSR count). The fraction of sp³-hybridized carbons (Fsp3) is 0.909. The Hall–Kier alpha value is -0.650. The van der Waals surface area contributed by atoms with Crippen LogP contribution in [0.4, 0.5) is 0 Å². The number of nitrogens with two attached hydrogens (primary N) is 1. The van der Waals surface area contributed by atoms with Crippen molar-refractivity contribution < 1.29 is 9.53 Å². The van der Waals surface area contributed by atoms with Gasteiger partial charge in [-0.05, 0) is 34.0 Å². The maximum Gasteiger partial charge on any atom is 0.229 e. The second-order valence-electron chi connectivity index (χ2n) is 4.95. The molecule has 0 aromatic rings. The van der Waals surface area contributed by atoms with E-state index < -0.39 is 5.41 Å². The van der Waals surface area contributed by atoms with Crippen LogP contribution in [0.3, 0.4) is 0 Å². The molecular weight excluding hydrogens is 206 g/mol. The van der Waals surface area contributed by atoms with Gasteiger partial charge in [0.1, 0.15) is 0 Å². The van der Waals surface area contributed by atoms with Crippen molar-refractivity contribution in [3.63, 3.8) is 0 Å². The normalized spacial score (nSPS) is 29.7. The molecule has 0 aromatic heterocycles. The number of nitrogens with zero attached hydrogens (tertiary/aromatic N) is 1. The van der Waals surface area contributed by atoms with E-state index in [0.717, 1.165) is 13.0 Å². The van der Waals surface area contributed by atoms with Gasteiger partial charge in [-0.1, -0.05) is 0 Å². The highest BCUT2D eigenvalue weighted by atomic mass is 16.5. The van der Waals surface area contributed by atoms with Crippen molar-refractivity contribution in [1.82, 2.24) is 10.2 Å². The summed E-state index contributed by atoms with van der Waals surface area (Å²) in [6.45, 7) is 4.43. The van der Waals surface area contributed by atoms with E-state index in [2.05, 4.69) is 10.2 Å². The molecule has 1 fully saturated rings. The van der Waals surface area contributed by atoms with E-state index in [4.69, 9.17) is 10.5 Å². The van der Waals surface area contributed by atoms with Crippen LogP contribution in [0.5, 0.6) is 0 Å². The number of hydrogen-bond donors (Lipinski definition) is 2. The number of nitrogens with one attached hydrogen (secondary N) is 1. The summed E-state index contributed by atoms with van der Waals surface area (Å²) in [5.74, 6) is 0.0104. The molecule has 3 N–H and O–H groups in total. The second kappa shape index (κ2) is 5.61. The molecule has 5 heteroatoms. The van der Waals surface area contributed by atoms with Gasteiger partial charge in [-0.15, -0.1) is 0 Å². The summed E-state index contributed by atoms with van der Waals surface area (Å²) in [6, 6.07) is -0.193. The monoisotopic (exact) mass is 229 g/mol. The number of hydrogen-bond acceptors (Lipinski definition) is 4. The largest absolute Gasteiger partial charge is 0.379 e. The van der Waals surface area contributed by atoms with Gasteiger partial charge in [0.25, 0.3) is 0 Å². The highest BCUT2D eigenvalue weighted by Gasteiger charge is 2.44. The van der Waals surface area contributed by atoms with Gasteiger partial charge in [-0.2, -0.15) is 0 Å². The van der Waals surface area contributed by atoms with Gasteiger partial charge in [0, 0.05) is 12.6 Å². The fourth-order valence-electron chi connectivity index (χ4n) is 1.72. The predicted molar refractivity (Wildman–Crippen MR) is 63.1 cm³/mol. The Bertz CT molecular complexity index is 245. The third-order valence-corrected chi connectivity index (χ3v) is 3.10. The van der Waals surface area contributed by atoms with Crippen LogP contribution in [0, 0.1) is 5.41 Å².